The fourth-order valence-corrected chi connectivity index (χ4v) is 10.5. The maximum absolute atomic E-state index is 7.14. The molecule has 14 rings (SSSR count). The van der Waals surface area contributed by atoms with Crippen LogP contribution in [0.25, 0.3) is 133 Å². The van der Waals surface area contributed by atoms with Crippen LogP contribution in [0.5, 0.6) is 0 Å². The smallest absolute Gasteiger partial charge is 0.164 e. The number of aromatic nitrogens is 5. The summed E-state index contributed by atoms with van der Waals surface area (Å²) < 4.78 is 12.0. The van der Waals surface area contributed by atoms with Crippen molar-refractivity contribution in [3.8, 4) is 67.8 Å². The van der Waals surface area contributed by atoms with Gasteiger partial charge in [-0.3, -0.25) is 0 Å². The molecule has 69 heavy (non-hydrogen) atoms. The molecule has 4 aromatic heterocycles. The zero-order valence-electron chi connectivity index (χ0n) is 37.2. The van der Waals surface area contributed by atoms with Gasteiger partial charge in [-0.2, -0.15) is 0 Å². The van der Waals surface area contributed by atoms with Gasteiger partial charge in [0.15, 0.2) is 23.1 Å². The monoisotopic (exact) mass is 881 g/mol. The lowest BCUT2D eigenvalue weighted by atomic mass is 9.96. The van der Waals surface area contributed by atoms with Crippen LogP contribution in [0.2, 0.25) is 0 Å². The summed E-state index contributed by atoms with van der Waals surface area (Å²) in [5.74, 6) is 1.75. The van der Waals surface area contributed by atoms with E-state index in [0.717, 1.165) is 94.0 Å². The van der Waals surface area contributed by atoms with Crippen molar-refractivity contribution in [2.75, 3.05) is 0 Å². The number of furan rings is 1. The van der Waals surface area contributed by atoms with Crippen LogP contribution in [0.4, 0.5) is 0 Å². The van der Waals surface area contributed by atoms with E-state index in [1.165, 1.54) is 21.9 Å². The molecule has 0 aliphatic heterocycles. The first-order chi connectivity index (χ1) is 34.2. The minimum atomic E-state index is 0.563. The Balaban J connectivity index is 1.09. The van der Waals surface area contributed by atoms with E-state index in [1.54, 1.807) is 0 Å². The lowest BCUT2D eigenvalue weighted by Crippen LogP contribution is -2.02. The summed E-state index contributed by atoms with van der Waals surface area (Å²) in [5, 5.41) is 6.59. The number of hydrogen-bond donors (Lipinski definition) is 0. The summed E-state index contributed by atoms with van der Waals surface area (Å²) in [7, 11) is 0. The Kier molecular flexibility index (Phi) is 8.79. The molecule has 14 aromatic rings. The Morgan fingerprint density at radius 1 is 0.319 bits per heavy atom. The molecule has 0 unspecified atom stereocenters. The molecule has 0 bridgehead atoms. The Morgan fingerprint density at radius 3 is 1.61 bits per heavy atom. The van der Waals surface area contributed by atoms with E-state index in [0.29, 0.717) is 17.5 Å². The second kappa shape index (κ2) is 15.6. The number of hydrogen-bond acceptors (Lipinski definition) is 4. The van der Waals surface area contributed by atoms with Crippen molar-refractivity contribution in [1.82, 2.24) is 24.1 Å². The molecule has 0 aliphatic rings. The van der Waals surface area contributed by atoms with E-state index in [2.05, 4.69) is 215 Å². The van der Waals surface area contributed by atoms with Crippen molar-refractivity contribution in [2.45, 2.75) is 0 Å². The van der Waals surface area contributed by atoms with Gasteiger partial charge in [0.1, 0.15) is 5.58 Å². The minimum absolute atomic E-state index is 0.563. The number of benzene rings is 10. The second-order valence-electron chi connectivity index (χ2n) is 17.5. The normalized spacial score (nSPS) is 11.8. The summed E-state index contributed by atoms with van der Waals surface area (Å²) >= 11 is 0. The Labute approximate surface area is 396 Å². The molecule has 6 heteroatoms. The third-order valence-corrected chi connectivity index (χ3v) is 13.6. The van der Waals surface area contributed by atoms with E-state index in [-0.39, 0.29) is 0 Å². The fourth-order valence-electron chi connectivity index (χ4n) is 10.5. The summed E-state index contributed by atoms with van der Waals surface area (Å²) in [5.41, 5.74) is 15.2. The topological polar surface area (TPSA) is 61.7 Å². The molecule has 4 heterocycles. The molecular weight excluding hydrogens is 843 g/mol. The highest BCUT2D eigenvalue weighted by molar-refractivity contribution is 6.28. The fraction of sp³-hybridized carbons (Fsp3) is 0. The van der Waals surface area contributed by atoms with Crippen molar-refractivity contribution in [3.63, 3.8) is 0 Å². The second-order valence-corrected chi connectivity index (χ2v) is 17.5. The SMILES string of the molecule is c1ccc(-c2cccc(-c3nc(-c4ccccc4)nc(-c4ccc(-n5c6ccccc6c6cc(-c7ccccc7)c7c8ccccc8n(-c8ccccc8)c7c65)c5oc6ccccc6c45)n3)c2)cc1. The Bertz CT molecular complexity index is 4290. The maximum Gasteiger partial charge on any atom is 0.164 e. The highest BCUT2D eigenvalue weighted by Crippen LogP contribution is 2.48. The minimum Gasteiger partial charge on any atom is -0.454 e. The molecule has 6 nitrogen and oxygen atoms in total. The van der Waals surface area contributed by atoms with Crippen molar-refractivity contribution in [1.29, 1.82) is 0 Å². The lowest BCUT2D eigenvalue weighted by molar-refractivity contribution is 0.666. The van der Waals surface area contributed by atoms with E-state index in [1.807, 2.05) is 30.3 Å². The number of para-hydroxylation sites is 4. The Morgan fingerprint density at radius 2 is 0.870 bits per heavy atom. The van der Waals surface area contributed by atoms with Crippen molar-refractivity contribution < 1.29 is 4.42 Å². The molecule has 322 valence electrons. The highest BCUT2D eigenvalue weighted by atomic mass is 16.3. The third kappa shape index (κ3) is 6.16. The summed E-state index contributed by atoms with van der Waals surface area (Å²) in [6.45, 7) is 0. The van der Waals surface area contributed by atoms with Gasteiger partial charge in [0.05, 0.1) is 27.8 Å². The van der Waals surface area contributed by atoms with E-state index in [9.17, 15) is 0 Å². The molecule has 0 fully saturated rings. The van der Waals surface area contributed by atoms with Crippen LogP contribution in [0.1, 0.15) is 0 Å². The predicted molar refractivity (Wildman–Crippen MR) is 283 cm³/mol. The van der Waals surface area contributed by atoms with E-state index >= 15 is 0 Å². The van der Waals surface area contributed by atoms with Crippen molar-refractivity contribution in [2.24, 2.45) is 0 Å². The summed E-state index contributed by atoms with van der Waals surface area (Å²) in [4.78, 5) is 15.8. The molecule has 0 saturated carbocycles. The average Bonchev–Trinajstić information content (AvgIpc) is 4.10. The van der Waals surface area contributed by atoms with Crippen LogP contribution in [0.15, 0.2) is 241 Å². The molecule has 0 amide bonds. The van der Waals surface area contributed by atoms with Crippen LogP contribution < -0.4 is 0 Å². The van der Waals surface area contributed by atoms with Gasteiger partial charge in [0, 0.05) is 54.7 Å². The van der Waals surface area contributed by atoms with Crippen LogP contribution in [0.3, 0.4) is 0 Å². The van der Waals surface area contributed by atoms with Gasteiger partial charge in [-0.25, -0.2) is 15.0 Å². The molecule has 10 aromatic carbocycles. The van der Waals surface area contributed by atoms with E-state index < -0.39 is 0 Å². The average molecular weight is 882 g/mol. The summed E-state index contributed by atoms with van der Waals surface area (Å²) in [6.07, 6.45) is 0. The summed E-state index contributed by atoms with van der Waals surface area (Å²) in [6, 6.07) is 83.2. The quantitative estimate of drug-likeness (QED) is 0.160. The van der Waals surface area contributed by atoms with Crippen LogP contribution >= 0.6 is 0 Å². The largest absolute Gasteiger partial charge is 0.454 e. The van der Waals surface area contributed by atoms with Gasteiger partial charge in [-0.05, 0) is 76.9 Å². The van der Waals surface area contributed by atoms with Crippen LogP contribution in [-0.2, 0) is 0 Å². The first-order valence-corrected chi connectivity index (χ1v) is 23.3. The maximum atomic E-state index is 7.14. The zero-order chi connectivity index (χ0) is 45.4. The van der Waals surface area contributed by atoms with Gasteiger partial charge in [-0.15, -0.1) is 0 Å². The molecule has 0 N–H and O–H groups in total. The first-order valence-electron chi connectivity index (χ1n) is 23.3. The third-order valence-electron chi connectivity index (χ3n) is 13.6. The molecule has 0 radical (unpaired) electrons. The number of nitrogens with zero attached hydrogens (tertiary/aromatic N) is 5. The molecular formula is C63H39N5O. The van der Waals surface area contributed by atoms with Gasteiger partial charge >= 0.3 is 0 Å². The van der Waals surface area contributed by atoms with Gasteiger partial charge in [0.25, 0.3) is 0 Å². The number of rotatable bonds is 7. The molecule has 0 saturated heterocycles. The first kappa shape index (κ1) is 38.8. The van der Waals surface area contributed by atoms with Crippen LogP contribution in [-0.4, -0.2) is 24.1 Å². The number of fused-ring (bicyclic) bond motifs is 10. The lowest BCUT2D eigenvalue weighted by Gasteiger charge is -2.15. The molecule has 0 spiro atoms. The van der Waals surface area contributed by atoms with Crippen molar-refractivity contribution in [3.05, 3.63) is 237 Å². The predicted octanol–water partition coefficient (Wildman–Crippen LogP) is 16.3. The molecule has 0 atom stereocenters. The highest BCUT2D eigenvalue weighted by Gasteiger charge is 2.27. The molecule has 0 aliphatic carbocycles. The van der Waals surface area contributed by atoms with Gasteiger partial charge in [0.2, 0.25) is 0 Å². The zero-order valence-corrected chi connectivity index (χ0v) is 37.2. The van der Waals surface area contributed by atoms with Crippen molar-refractivity contribution >= 4 is 65.6 Å². The standard InChI is InChI=1S/C63H39N5O/c1-5-20-40(21-6-1)43-26-19-27-44(38-43)62-64-61(42-24-9-3-10-25-42)65-63(66-62)49-36-37-54(60-57(49)48-32-15-18-35-55(48)69-60)68-52-33-16-13-30-46(52)51-39-50(41-22-7-2-8-23-41)56-47-31-14-17-34-53(47)67(59(56)58(51)68)45-28-11-4-12-29-45/h1-39H. The van der Waals surface area contributed by atoms with Crippen LogP contribution in [0, 0.1) is 0 Å². The van der Waals surface area contributed by atoms with Gasteiger partial charge in [-0.1, -0.05) is 182 Å². The van der Waals surface area contributed by atoms with Gasteiger partial charge < -0.3 is 13.6 Å². The van der Waals surface area contributed by atoms with E-state index in [4.69, 9.17) is 19.4 Å². The Hall–Kier alpha value is -9.39.